The van der Waals surface area contributed by atoms with Crippen molar-refractivity contribution in [2.75, 3.05) is 45.8 Å². The number of aliphatic hydroxyl groups is 1. The maximum absolute atomic E-state index is 11.6. The van der Waals surface area contributed by atoms with Crippen LogP contribution in [0.5, 0.6) is 0 Å². The molecule has 0 aliphatic carbocycles. The van der Waals surface area contributed by atoms with Gasteiger partial charge in [0.15, 0.2) is 0 Å². The Labute approximate surface area is 151 Å². The van der Waals surface area contributed by atoms with E-state index in [-0.39, 0.29) is 0 Å². The number of aliphatic hydroxyl groups excluding tert-OH is 1. The number of carbonyl (C=O) groups is 1. The molecule has 5 heteroatoms. The topological polar surface area (TPSA) is 55.8 Å². The average Bonchev–Trinajstić information content (AvgIpc) is 3.06. The fourth-order valence-electron chi connectivity index (χ4n) is 3.86. The summed E-state index contributed by atoms with van der Waals surface area (Å²) in [6.07, 6.45) is 3.71. The number of carbonyl (C=O) groups excluding carboxylic acids is 1. The Kier molecular flexibility index (Phi) is 6.84. The molecule has 2 aliphatic rings. The van der Waals surface area contributed by atoms with Gasteiger partial charge in [-0.1, -0.05) is 30.3 Å². The number of nitrogens with zero attached hydrogens (tertiary/aromatic N) is 2. The van der Waals surface area contributed by atoms with Crippen molar-refractivity contribution < 1.29 is 9.90 Å². The number of hydrogen-bond acceptors (Lipinski definition) is 4. The first kappa shape index (κ1) is 18.4. The number of likely N-dealkylation sites (tertiary alicyclic amines) is 2. The second-order valence-electron chi connectivity index (χ2n) is 7.36. The molecule has 1 aromatic carbocycles. The van der Waals surface area contributed by atoms with Crippen molar-refractivity contribution in [3.63, 3.8) is 0 Å². The first-order chi connectivity index (χ1) is 12.2. The molecule has 2 heterocycles. The SMILES string of the molecule is O=C1CCCN1CCNCC1CCN(C[C@H](O)c2ccccc2)CC1. The number of nitrogens with one attached hydrogen (secondary N) is 1. The van der Waals surface area contributed by atoms with E-state index in [1.165, 1.54) is 12.8 Å². The number of piperidine rings is 1. The van der Waals surface area contributed by atoms with E-state index >= 15 is 0 Å². The lowest BCUT2D eigenvalue weighted by molar-refractivity contribution is -0.127. The minimum Gasteiger partial charge on any atom is -0.387 e. The lowest BCUT2D eigenvalue weighted by atomic mass is 9.96. The predicted octanol–water partition coefficient (Wildman–Crippen LogP) is 1.64. The van der Waals surface area contributed by atoms with Crippen LogP contribution in [0.1, 0.15) is 37.4 Å². The zero-order valence-electron chi connectivity index (χ0n) is 15.1. The van der Waals surface area contributed by atoms with Gasteiger partial charge in [-0.25, -0.2) is 0 Å². The molecule has 0 saturated carbocycles. The predicted molar refractivity (Wildman–Crippen MR) is 99.2 cm³/mol. The van der Waals surface area contributed by atoms with Crippen LogP contribution in [0, 0.1) is 5.92 Å². The number of amides is 1. The van der Waals surface area contributed by atoms with Crippen LogP contribution in [-0.4, -0.2) is 66.6 Å². The minimum absolute atomic E-state index is 0.312. The smallest absolute Gasteiger partial charge is 0.222 e. The van der Waals surface area contributed by atoms with E-state index in [4.69, 9.17) is 0 Å². The molecule has 0 spiro atoms. The van der Waals surface area contributed by atoms with E-state index in [0.717, 1.165) is 64.2 Å². The molecule has 2 aliphatic heterocycles. The van der Waals surface area contributed by atoms with E-state index in [9.17, 15) is 9.90 Å². The number of benzene rings is 1. The number of rotatable bonds is 8. The van der Waals surface area contributed by atoms with Gasteiger partial charge in [0.1, 0.15) is 0 Å². The van der Waals surface area contributed by atoms with Crippen LogP contribution in [0.2, 0.25) is 0 Å². The Hall–Kier alpha value is -1.43. The summed E-state index contributed by atoms with van der Waals surface area (Å²) in [7, 11) is 0. The zero-order valence-corrected chi connectivity index (χ0v) is 15.1. The van der Waals surface area contributed by atoms with E-state index in [1.807, 2.05) is 35.2 Å². The summed E-state index contributed by atoms with van der Waals surface area (Å²) in [6.45, 7) is 6.56. The zero-order chi connectivity index (χ0) is 17.5. The Morgan fingerprint density at radius 1 is 1.16 bits per heavy atom. The largest absolute Gasteiger partial charge is 0.387 e. The van der Waals surface area contributed by atoms with Crippen LogP contribution in [0.15, 0.2) is 30.3 Å². The van der Waals surface area contributed by atoms with Crippen molar-refractivity contribution in [2.24, 2.45) is 5.92 Å². The van der Waals surface area contributed by atoms with Crippen LogP contribution in [0.3, 0.4) is 0 Å². The minimum atomic E-state index is -0.395. The van der Waals surface area contributed by atoms with E-state index in [0.29, 0.717) is 11.8 Å². The third kappa shape index (κ3) is 5.53. The Morgan fingerprint density at radius 3 is 2.60 bits per heavy atom. The lowest BCUT2D eigenvalue weighted by Crippen LogP contribution is -2.40. The monoisotopic (exact) mass is 345 g/mol. The molecule has 5 nitrogen and oxygen atoms in total. The van der Waals surface area contributed by atoms with Crippen molar-refractivity contribution in [1.29, 1.82) is 0 Å². The first-order valence-corrected chi connectivity index (χ1v) is 9.66. The molecule has 2 N–H and O–H groups in total. The van der Waals surface area contributed by atoms with Gasteiger partial charge in [-0.2, -0.15) is 0 Å². The van der Waals surface area contributed by atoms with Crippen molar-refractivity contribution in [2.45, 2.75) is 31.8 Å². The average molecular weight is 345 g/mol. The van der Waals surface area contributed by atoms with Gasteiger partial charge in [-0.3, -0.25) is 4.79 Å². The van der Waals surface area contributed by atoms with E-state index in [2.05, 4.69) is 10.2 Å². The summed E-state index contributed by atoms with van der Waals surface area (Å²) in [5, 5.41) is 13.9. The Balaban J connectivity index is 1.29. The lowest BCUT2D eigenvalue weighted by Gasteiger charge is -2.33. The molecule has 1 amide bonds. The molecule has 0 unspecified atom stereocenters. The van der Waals surface area contributed by atoms with Crippen molar-refractivity contribution in [1.82, 2.24) is 15.1 Å². The molecule has 2 saturated heterocycles. The normalized spacial score (nSPS) is 21.0. The van der Waals surface area contributed by atoms with Crippen LogP contribution < -0.4 is 5.32 Å². The highest BCUT2D eigenvalue weighted by Crippen LogP contribution is 2.20. The molecule has 138 valence electrons. The van der Waals surface area contributed by atoms with Crippen molar-refractivity contribution in [3.05, 3.63) is 35.9 Å². The molecule has 25 heavy (non-hydrogen) atoms. The van der Waals surface area contributed by atoms with Crippen LogP contribution in [-0.2, 0) is 4.79 Å². The fraction of sp³-hybridized carbons (Fsp3) is 0.650. The highest BCUT2D eigenvalue weighted by Gasteiger charge is 2.22. The molecule has 0 aromatic heterocycles. The van der Waals surface area contributed by atoms with Crippen LogP contribution >= 0.6 is 0 Å². The van der Waals surface area contributed by atoms with Gasteiger partial charge in [-0.05, 0) is 50.4 Å². The van der Waals surface area contributed by atoms with E-state index in [1.54, 1.807) is 0 Å². The van der Waals surface area contributed by atoms with Gasteiger partial charge in [-0.15, -0.1) is 0 Å². The van der Waals surface area contributed by atoms with Gasteiger partial charge in [0.05, 0.1) is 6.10 Å². The summed E-state index contributed by atoms with van der Waals surface area (Å²) in [5.74, 6) is 1.02. The highest BCUT2D eigenvalue weighted by atomic mass is 16.3. The van der Waals surface area contributed by atoms with Gasteiger partial charge < -0.3 is 20.2 Å². The van der Waals surface area contributed by atoms with Gasteiger partial charge in [0.2, 0.25) is 5.91 Å². The van der Waals surface area contributed by atoms with Crippen LogP contribution in [0.4, 0.5) is 0 Å². The summed E-state index contributed by atoms with van der Waals surface area (Å²) in [4.78, 5) is 15.9. The van der Waals surface area contributed by atoms with Gasteiger partial charge in [0.25, 0.3) is 0 Å². The maximum atomic E-state index is 11.6. The third-order valence-corrected chi connectivity index (χ3v) is 5.49. The molecular formula is C20H31N3O2. The molecule has 0 radical (unpaired) electrons. The third-order valence-electron chi connectivity index (χ3n) is 5.49. The second-order valence-corrected chi connectivity index (χ2v) is 7.36. The second kappa shape index (κ2) is 9.32. The molecule has 1 atom stereocenters. The first-order valence-electron chi connectivity index (χ1n) is 9.66. The quantitative estimate of drug-likeness (QED) is 0.704. The van der Waals surface area contributed by atoms with Gasteiger partial charge in [0, 0.05) is 32.6 Å². The molecule has 0 bridgehead atoms. The van der Waals surface area contributed by atoms with Crippen LogP contribution in [0.25, 0.3) is 0 Å². The number of hydrogen-bond donors (Lipinski definition) is 2. The number of β-amino-alcohol motifs (C(OH)–C–C–N with tert-alkyl or cyclic N) is 1. The summed E-state index contributed by atoms with van der Waals surface area (Å²) >= 11 is 0. The summed E-state index contributed by atoms with van der Waals surface area (Å²) in [6, 6.07) is 9.92. The Morgan fingerprint density at radius 2 is 1.92 bits per heavy atom. The Bertz CT molecular complexity index is 529. The fourth-order valence-corrected chi connectivity index (χ4v) is 3.86. The molecule has 2 fully saturated rings. The molecule has 3 rings (SSSR count). The van der Waals surface area contributed by atoms with Gasteiger partial charge >= 0.3 is 0 Å². The summed E-state index contributed by atoms with van der Waals surface area (Å²) < 4.78 is 0. The van der Waals surface area contributed by atoms with Crippen molar-refractivity contribution in [3.8, 4) is 0 Å². The van der Waals surface area contributed by atoms with E-state index < -0.39 is 6.10 Å². The highest BCUT2D eigenvalue weighted by molar-refractivity contribution is 5.78. The van der Waals surface area contributed by atoms with Crippen molar-refractivity contribution >= 4 is 5.91 Å². The molecule has 1 aromatic rings. The molecular weight excluding hydrogens is 314 g/mol. The summed E-state index contributed by atoms with van der Waals surface area (Å²) in [5.41, 5.74) is 1.00. The standard InChI is InChI=1S/C20H31N3O2/c24-19(18-5-2-1-3-6-18)16-22-12-8-17(9-13-22)15-21-10-14-23-11-4-7-20(23)25/h1-3,5-6,17,19,21,24H,4,7-16H2/t19-/m0/s1. The maximum Gasteiger partial charge on any atom is 0.222 e.